The van der Waals surface area contributed by atoms with Crippen LogP contribution in [0, 0.1) is 0 Å². The Balaban J connectivity index is 1.79. The first-order valence-corrected chi connectivity index (χ1v) is 12.0. The molecule has 0 atom stereocenters. The van der Waals surface area contributed by atoms with Gasteiger partial charge < -0.3 is 10.1 Å². The van der Waals surface area contributed by atoms with Crippen molar-refractivity contribution in [3.8, 4) is 11.4 Å². The molecule has 1 aliphatic heterocycles. The van der Waals surface area contributed by atoms with Crippen molar-refractivity contribution in [2.45, 2.75) is 31.8 Å². The van der Waals surface area contributed by atoms with Crippen LogP contribution in [0.5, 0.6) is 5.75 Å². The first-order chi connectivity index (χ1) is 16.2. The van der Waals surface area contributed by atoms with Crippen LogP contribution >= 0.6 is 10.6 Å². The number of carbonyl (C=O) groups excluding carboxylic acids is 1. The number of aromatic nitrogens is 2. The number of carbonyl (C=O) groups is 1. The smallest absolute Gasteiger partial charge is 0.406 e. The van der Waals surface area contributed by atoms with Crippen LogP contribution in [0.1, 0.15) is 17.3 Å². The Labute approximate surface area is 196 Å². The molecule has 0 saturated carbocycles. The minimum atomic E-state index is -4.77. The summed E-state index contributed by atoms with van der Waals surface area (Å²) in [6.07, 6.45) is -4.77. The Morgan fingerprint density at radius 2 is 1.86 bits per heavy atom. The van der Waals surface area contributed by atoms with Gasteiger partial charge in [0, 0.05) is 11.6 Å². The molecule has 2 heterocycles. The number of nitrogens with one attached hydrogen (secondary N) is 1. The highest BCUT2D eigenvalue weighted by atomic mass is 32.3. The molecule has 0 bridgehead atoms. The summed E-state index contributed by atoms with van der Waals surface area (Å²) in [4.78, 5) is 25.8. The van der Waals surface area contributed by atoms with E-state index in [1.807, 2.05) is 0 Å². The van der Waals surface area contributed by atoms with Crippen molar-refractivity contribution >= 4 is 27.5 Å². The van der Waals surface area contributed by atoms with Crippen LogP contribution in [-0.2, 0) is 6.54 Å². The van der Waals surface area contributed by atoms with E-state index in [1.54, 1.807) is 6.92 Å². The van der Waals surface area contributed by atoms with Crippen LogP contribution < -0.4 is 15.7 Å². The molecule has 2 aromatic carbocycles. The zero-order chi connectivity index (χ0) is 25.8. The number of nitrogens with zero attached hydrogens (tertiary/aromatic N) is 2. The quantitative estimate of drug-likeness (QED) is 0.422. The Morgan fingerprint density at radius 3 is 2.46 bits per heavy atom. The average molecular weight is 521 g/mol. The maximum absolute atomic E-state index is 13.3. The number of ether oxygens (including phenoxy) is 1. The fraction of sp³-hybridized carbons (Fsp3) is 0.333. The summed E-state index contributed by atoms with van der Waals surface area (Å²) in [5, 5.41) is 2.63. The highest BCUT2D eigenvalue weighted by Crippen LogP contribution is 2.53. The molecule has 0 aliphatic carbocycles. The van der Waals surface area contributed by atoms with Crippen molar-refractivity contribution in [2.75, 3.05) is 11.5 Å². The third-order valence-electron chi connectivity index (χ3n) is 5.34. The van der Waals surface area contributed by atoms with Crippen molar-refractivity contribution in [1.29, 1.82) is 0 Å². The topological polar surface area (TPSA) is 106 Å². The summed E-state index contributed by atoms with van der Waals surface area (Å²) >= 11 is 0. The minimum Gasteiger partial charge on any atom is -0.435 e. The Morgan fingerprint density at radius 1 is 1.17 bits per heavy atom. The van der Waals surface area contributed by atoms with Crippen LogP contribution in [0.2, 0.25) is 0 Å². The van der Waals surface area contributed by atoms with Crippen molar-refractivity contribution in [3.05, 3.63) is 58.5 Å². The van der Waals surface area contributed by atoms with E-state index >= 15 is 0 Å². The Hall–Kier alpha value is -3.10. The summed E-state index contributed by atoms with van der Waals surface area (Å²) in [5.41, 5.74) is -2.25. The second-order valence-electron chi connectivity index (χ2n) is 8.50. The highest BCUT2D eigenvalue weighted by molar-refractivity contribution is 8.25. The summed E-state index contributed by atoms with van der Waals surface area (Å²) < 4.78 is 89.9. The van der Waals surface area contributed by atoms with Gasteiger partial charge in [0.05, 0.1) is 33.8 Å². The standard InChI is InChI=1S/C21H20F5N3O5S/c1-20(10-35(32,33)11-20)27-17(30)12-5-6-15-16(7-12)28(9-21(24,25)26)19(31)29(15)13-3-2-4-14(8-13)34-18(22)23/h2-8,18,32-33H,9-11H2,1H3,(H,27,30). The van der Waals surface area contributed by atoms with E-state index < -0.39 is 47.1 Å². The predicted octanol–water partition coefficient (Wildman–Crippen LogP) is 4.21. The predicted molar refractivity (Wildman–Crippen MR) is 119 cm³/mol. The number of rotatable bonds is 6. The van der Waals surface area contributed by atoms with E-state index in [4.69, 9.17) is 0 Å². The number of imidazole rings is 1. The molecular weight excluding hydrogens is 501 g/mol. The van der Waals surface area contributed by atoms with Gasteiger partial charge in [-0.15, -0.1) is 0 Å². The van der Waals surface area contributed by atoms with Gasteiger partial charge in [-0.2, -0.15) is 32.5 Å². The molecule has 1 saturated heterocycles. The fourth-order valence-electron chi connectivity index (χ4n) is 4.17. The number of benzene rings is 2. The van der Waals surface area contributed by atoms with E-state index in [-0.39, 0.29) is 39.5 Å². The minimum absolute atomic E-state index is 0.00836. The summed E-state index contributed by atoms with van der Waals surface area (Å²) in [6, 6.07) is 8.62. The third-order valence-corrected chi connectivity index (χ3v) is 7.54. The van der Waals surface area contributed by atoms with Gasteiger partial charge in [-0.05, 0) is 37.3 Å². The number of amides is 1. The first-order valence-electron chi connectivity index (χ1n) is 10.1. The van der Waals surface area contributed by atoms with E-state index in [0.717, 1.165) is 16.7 Å². The lowest BCUT2D eigenvalue weighted by Crippen LogP contribution is -2.61. The summed E-state index contributed by atoms with van der Waals surface area (Å²) in [6.45, 7) is -3.19. The fourth-order valence-corrected chi connectivity index (χ4v) is 6.27. The van der Waals surface area contributed by atoms with E-state index in [0.29, 0.717) is 4.57 Å². The van der Waals surface area contributed by atoms with Crippen molar-refractivity contribution in [2.24, 2.45) is 0 Å². The van der Waals surface area contributed by atoms with Crippen molar-refractivity contribution in [1.82, 2.24) is 14.5 Å². The van der Waals surface area contributed by atoms with Crippen LogP contribution in [0.25, 0.3) is 16.7 Å². The SMILES string of the molecule is CC1(NC(=O)c2ccc3c(c2)n(CC(F)(F)F)c(=O)n3-c2cccc(OC(F)F)c2)CS(O)(O)C1. The maximum atomic E-state index is 13.3. The second-order valence-corrected chi connectivity index (χ2v) is 10.7. The van der Waals surface area contributed by atoms with E-state index in [9.17, 15) is 40.6 Å². The van der Waals surface area contributed by atoms with E-state index in [2.05, 4.69) is 10.1 Å². The molecule has 1 fully saturated rings. The maximum Gasteiger partial charge on any atom is 0.406 e. The van der Waals surface area contributed by atoms with Gasteiger partial charge in [0.1, 0.15) is 12.3 Å². The molecule has 4 rings (SSSR count). The van der Waals surface area contributed by atoms with Gasteiger partial charge >= 0.3 is 18.5 Å². The number of hydrogen-bond donors (Lipinski definition) is 3. The van der Waals surface area contributed by atoms with Gasteiger partial charge in [-0.25, -0.2) is 4.79 Å². The number of hydrogen-bond acceptors (Lipinski definition) is 5. The van der Waals surface area contributed by atoms with Gasteiger partial charge in [-0.1, -0.05) is 6.07 Å². The molecule has 1 amide bonds. The zero-order valence-corrected chi connectivity index (χ0v) is 18.9. The molecule has 8 nitrogen and oxygen atoms in total. The van der Waals surface area contributed by atoms with Crippen LogP contribution in [-0.4, -0.2) is 54.0 Å². The van der Waals surface area contributed by atoms with Crippen molar-refractivity contribution < 1.29 is 40.6 Å². The molecule has 1 aliphatic rings. The van der Waals surface area contributed by atoms with Gasteiger partial charge in [0.2, 0.25) is 0 Å². The molecular formula is C21H20F5N3O5S. The highest BCUT2D eigenvalue weighted by Gasteiger charge is 2.45. The molecule has 0 spiro atoms. The molecule has 190 valence electrons. The molecule has 3 aromatic rings. The number of halogens is 5. The Bertz CT molecular complexity index is 1340. The van der Waals surface area contributed by atoms with Gasteiger partial charge in [0.25, 0.3) is 5.91 Å². The van der Waals surface area contributed by atoms with Crippen LogP contribution in [0.3, 0.4) is 0 Å². The lowest BCUT2D eigenvalue weighted by Gasteiger charge is -2.54. The molecule has 1 aromatic heterocycles. The van der Waals surface area contributed by atoms with Gasteiger partial charge in [-0.3, -0.25) is 23.0 Å². The lowest BCUT2D eigenvalue weighted by molar-refractivity contribution is -0.140. The Kier molecular flexibility index (Phi) is 6.10. The zero-order valence-electron chi connectivity index (χ0n) is 18.1. The van der Waals surface area contributed by atoms with Crippen molar-refractivity contribution in [3.63, 3.8) is 0 Å². The molecule has 0 radical (unpaired) electrons. The molecule has 35 heavy (non-hydrogen) atoms. The third kappa shape index (κ3) is 5.28. The average Bonchev–Trinajstić information content (AvgIpc) is 2.95. The summed E-state index contributed by atoms with van der Waals surface area (Å²) in [5.74, 6) is -1.08. The monoisotopic (exact) mass is 521 g/mol. The van der Waals surface area contributed by atoms with Crippen LogP contribution in [0.15, 0.2) is 47.3 Å². The second kappa shape index (κ2) is 8.53. The van der Waals surface area contributed by atoms with Gasteiger partial charge in [0.15, 0.2) is 0 Å². The normalized spacial score (nSPS) is 17.7. The summed E-state index contributed by atoms with van der Waals surface area (Å²) in [7, 11) is -2.77. The molecule has 0 unspecified atom stereocenters. The lowest BCUT2D eigenvalue weighted by atomic mass is 10.1. The number of fused-ring (bicyclic) bond motifs is 1. The number of alkyl halides is 5. The molecule has 3 N–H and O–H groups in total. The largest absolute Gasteiger partial charge is 0.435 e. The molecule has 14 heteroatoms. The van der Waals surface area contributed by atoms with E-state index in [1.165, 1.54) is 30.3 Å². The first kappa shape index (κ1) is 25.0. The van der Waals surface area contributed by atoms with Crippen LogP contribution in [0.4, 0.5) is 22.0 Å².